The molecule has 0 spiro atoms. The minimum Gasteiger partial charge on any atom is -0.444 e. The Hall–Kier alpha value is -5.31. The molecule has 0 unspecified atom stereocenters. The number of nitrogens with zero attached hydrogens (tertiary/aromatic N) is 2. The first kappa shape index (κ1) is 35.7. The summed E-state index contributed by atoms with van der Waals surface area (Å²) in [6.07, 6.45) is 1.63. The lowest BCUT2D eigenvalue weighted by molar-refractivity contribution is -0.193. The van der Waals surface area contributed by atoms with Crippen LogP contribution in [0.3, 0.4) is 0 Å². The molecule has 2 heterocycles. The summed E-state index contributed by atoms with van der Waals surface area (Å²) in [5, 5.41) is 10.9. The number of hydrogen-bond donors (Lipinski definition) is 2. The summed E-state index contributed by atoms with van der Waals surface area (Å²) >= 11 is 0. The van der Waals surface area contributed by atoms with Crippen molar-refractivity contribution in [3.8, 4) is 22.3 Å². The van der Waals surface area contributed by atoms with Gasteiger partial charge in [-0.2, -0.15) is 19.2 Å². The average Bonchev–Trinajstić information content (AvgIpc) is 3.51. The normalized spacial score (nSPS) is 9.84. The Balaban J connectivity index is 0.000000380. The van der Waals surface area contributed by atoms with Crippen molar-refractivity contribution in [2.75, 3.05) is 11.1 Å². The lowest BCUT2D eigenvalue weighted by Crippen LogP contribution is -2.27. The van der Waals surface area contributed by atoms with E-state index in [1.807, 2.05) is 90.1 Å². The molecule has 0 radical (unpaired) electrons. The molecule has 0 saturated carbocycles. The molecule has 0 saturated heterocycles. The quantitative estimate of drug-likeness (QED) is 0.252. The van der Waals surface area contributed by atoms with Crippen LogP contribution >= 0.6 is 0 Å². The number of amides is 1. The topological polar surface area (TPSA) is 185 Å². The molecule has 0 aliphatic rings. The minimum absolute atomic E-state index is 0.250. The van der Waals surface area contributed by atoms with Crippen LogP contribution in [0, 0.1) is 13.8 Å². The van der Waals surface area contributed by atoms with Crippen LogP contribution in [-0.2, 0) is 36.8 Å². The summed E-state index contributed by atoms with van der Waals surface area (Å²) in [6.45, 7) is 13.3. The van der Waals surface area contributed by atoms with E-state index in [1.54, 1.807) is 0 Å². The Morgan fingerprint density at radius 1 is 0.814 bits per heavy atom. The maximum atomic E-state index is 12.0. The van der Waals surface area contributed by atoms with E-state index in [2.05, 4.69) is 22.6 Å². The van der Waals surface area contributed by atoms with Crippen molar-refractivity contribution in [2.24, 2.45) is 0 Å². The van der Waals surface area contributed by atoms with Crippen molar-refractivity contribution in [2.45, 2.75) is 66.9 Å². The smallest absolute Gasteiger partial charge is 0.412 e. The van der Waals surface area contributed by atoms with Crippen molar-refractivity contribution in [1.29, 1.82) is 0 Å². The zero-order chi connectivity index (χ0) is 32.6. The van der Waals surface area contributed by atoms with E-state index >= 15 is 0 Å². The number of nitrogens with one attached hydrogen (secondary N) is 1. The third-order valence-electron chi connectivity index (χ3n) is 5.60. The summed E-state index contributed by atoms with van der Waals surface area (Å²) in [4.78, 5) is 44.5. The number of rotatable bonds is 5. The second-order valence-corrected chi connectivity index (χ2v) is 9.75. The van der Waals surface area contributed by atoms with E-state index < -0.39 is 11.7 Å². The van der Waals surface area contributed by atoms with E-state index in [4.69, 9.17) is 38.7 Å². The van der Waals surface area contributed by atoms with E-state index in [1.165, 1.54) is 0 Å². The van der Waals surface area contributed by atoms with Gasteiger partial charge in [-0.25, -0.2) is 4.79 Å². The second kappa shape index (κ2) is 17.5. The molecule has 228 valence electrons. The number of aromatic nitrogens is 2. The SMILES string of the molecule is CCc1noc(C)c1-c1ccccc1N.CCc1noc(C)c1-c1ccccc1NC(=O)OC(C)(C)C.O=C=O.O=C=O. The van der Waals surface area contributed by atoms with Gasteiger partial charge in [-0.15, -0.1) is 0 Å². The van der Waals surface area contributed by atoms with Gasteiger partial charge in [0.25, 0.3) is 0 Å². The Kier molecular flexibility index (Phi) is 14.5. The fourth-order valence-electron chi connectivity index (χ4n) is 3.96. The van der Waals surface area contributed by atoms with Crippen molar-refractivity contribution in [3.63, 3.8) is 0 Å². The van der Waals surface area contributed by atoms with Crippen LogP contribution in [0.1, 0.15) is 57.5 Å². The number of carbonyl (C=O) groups is 1. The van der Waals surface area contributed by atoms with Gasteiger partial charge in [0.2, 0.25) is 0 Å². The number of carbonyl (C=O) groups excluding carboxylic acids is 5. The van der Waals surface area contributed by atoms with Crippen molar-refractivity contribution >= 4 is 29.8 Å². The molecule has 2 aromatic heterocycles. The average molecular weight is 593 g/mol. The third kappa shape index (κ3) is 10.9. The van der Waals surface area contributed by atoms with E-state index in [-0.39, 0.29) is 12.3 Å². The van der Waals surface area contributed by atoms with E-state index in [0.29, 0.717) is 5.69 Å². The molecule has 12 nitrogen and oxygen atoms in total. The third-order valence-corrected chi connectivity index (χ3v) is 5.60. The molecule has 0 fully saturated rings. The molecule has 0 atom stereocenters. The Labute approximate surface area is 249 Å². The highest BCUT2D eigenvalue weighted by Gasteiger charge is 2.20. The molecule has 12 heteroatoms. The van der Waals surface area contributed by atoms with Gasteiger partial charge in [0.1, 0.15) is 17.1 Å². The fourth-order valence-corrected chi connectivity index (χ4v) is 3.96. The molecule has 1 amide bonds. The number of hydrogen-bond acceptors (Lipinski definition) is 11. The highest BCUT2D eigenvalue weighted by atomic mass is 16.6. The van der Waals surface area contributed by atoms with Gasteiger partial charge >= 0.3 is 18.4 Å². The fraction of sp³-hybridized carbons (Fsp3) is 0.323. The number of nitrogens with two attached hydrogens (primary N) is 1. The molecular weight excluding hydrogens is 556 g/mol. The number of benzene rings is 2. The van der Waals surface area contributed by atoms with Gasteiger partial charge in [0.15, 0.2) is 0 Å². The number of nitrogen functional groups attached to an aromatic ring is 1. The van der Waals surface area contributed by atoms with Crippen LogP contribution in [0.15, 0.2) is 57.6 Å². The monoisotopic (exact) mass is 592 g/mol. The first-order chi connectivity index (χ1) is 20.4. The maximum absolute atomic E-state index is 12.0. The Morgan fingerprint density at radius 3 is 1.67 bits per heavy atom. The highest BCUT2D eigenvalue weighted by Crippen LogP contribution is 2.34. The maximum Gasteiger partial charge on any atom is 0.412 e. The molecule has 3 N–H and O–H groups in total. The molecule has 0 bridgehead atoms. The van der Waals surface area contributed by atoms with Crippen LogP contribution in [0.25, 0.3) is 22.3 Å². The lowest BCUT2D eigenvalue weighted by atomic mass is 10.0. The molecule has 2 aromatic carbocycles. The molecule has 0 aliphatic carbocycles. The van der Waals surface area contributed by atoms with Crippen molar-refractivity contribution < 1.29 is 37.8 Å². The molecule has 0 aliphatic heterocycles. The van der Waals surface area contributed by atoms with Gasteiger partial charge in [0, 0.05) is 27.9 Å². The van der Waals surface area contributed by atoms with Crippen molar-refractivity contribution in [3.05, 3.63) is 71.4 Å². The summed E-state index contributed by atoms with van der Waals surface area (Å²) in [6, 6.07) is 15.3. The van der Waals surface area contributed by atoms with Crippen LogP contribution in [0.5, 0.6) is 0 Å². The lowest BCUT2D eigenvalue weighted by Gasteiger charge is -2.20. The minimum atomic E-state index is -0.541. The van der Waals surface area contributed by atoms with Crippen LogP contribution in [0.4, 0.5) is 16.2 Å². The first-order valence-corrected chi connectivity index (χ1v) is 13.2. The summed E-state index contributed by atoms with van der Waals surface area (Å²) < 4.78 is 15.8. The zero-order valence-corrected chi connectivity index (χ0v) is 25.3. The molecule has 4 aromatic rings. The first-order valence-electron chi connectivity index (χ1n) is 13.2. The van der Waals surface area contributed by atoms with Gasteiger partial charge in [-0.05, 0) is 59.6 Å². The van der Waals surface area contributed by atoms with Crippen LogP contribution in [-0.4, -0.2) is 34.3 Å². The van der Waals surface area contributed by atoms with Gasteiger partial charge in [0.05, 0.1) is 17.1 Å². The van der Waals surface area contributed by atoms with E-state index in [0.717, 1.165) is 63.7 Å². The van der Waals surface area contributed by atoms with Crippen molar-refractivity contribution in [1.82, 2.24) is 10.3 Å². The van der Waals surface area contributed by atoms with Crippen LogP contribution in [0.2, 0.25) is 0 Å². The zero-order valence-electron chi connectivity index (χ0n) is 25.3. The molecule has 43 heavy (non-hydrogen) atoms. The second-order valence-electron chi connectivity index (χ2n) is 9.75. The summed E-state index contributed by atoms with van der Waals surface area (Å²) in [5.74, 6) is 1.56. The van der Waals surface area contributed by atoms with Gasteiger partial charge in [-0.1, -0.05) is 60.6 Å². The highest BCUT2D eigenvalue weighted by molar-refractivity contribution is 5.92. The summed E-state index contributed by atoms with van der Waals surface area (Å²) in [5.41, 5.74) is 12.5. The standard InChI is InChI=1S/C17H22N2O3.C12H14N2O.2CO2/c1-6-13-15(11(2)22-19-13)12-9-7-8-10-14(12)18-16(20)21-17(3,4)5;1-3-11-12(8(2)15-14-11)9-6-4-5-7-10(9)13;2*2-1-3/h7-10H,6H2,1-5H3,(H,18,20);4-7H,3,13H2,1-2H3;;. The Bertz CT molecular complexity index is 1530. The number of aryl methyl sites for hydroxylation is 4. The van der Waals surface area contributed by atoms with Crippen LogP contribution < -0.4 is 11.1 Å². The summed E-state index contributed by atoms with van der Waals surface area (Å²) in [7, 11) is 0. The largest absolute Gasteiger partial charge is 0.444 e. The Morgan fingerprint density at radius 2 is 1.23 bits per heavy atom. The van der Waals surface area contributed by atoms with Gasteiger partial charge < -0.3 is 19.5 Å². The molecule has 4 rings (SSSR count). The van der Waals surface area contributed by atoms with E-state index in [9.17, 15) is 4.79 Å². The number of para-hydroxylation sites is 2. The number of ether oxygens (including phenoxy) is 1. The molecular formula is C31H36N4O8. The predicted octanol–water partition coefficient (Wildman–Crippen LogP) is 6.19. The van der Waals surface area contributed by atoms with Gasteiger partial charge in [-0.3, -0.25) is 5.32 Å². The number of anilines is 2. The predicted molar refractivity (Wildman–Crippen MR) is 156 cm³/mol.